The van der Waals surface area contributed by atoms with E-state index < -0.39 is 0 Å². The van der Waals surface area contributed by atoms with Gasteiger partial charge in [-0.3, -0.25) is 4.79 Å². The predicted molar refractivity (Wildman–Crippen MR) is 105 cm³/mol. The van der Waals surface area contributed by atoms with Crippen molar-refractivity contribution in [3.63, 3.8) is 0 Å². The molecule has 5 nitrogen and oxygen atoms in total. The van der Waals surface area contributed by atoms with Gasteiger partial charge in [0.1, 0.15) is 5.82 Å². The van der Waals surface area contributed by atoms with Gasteiger partial charge in [0, 0.05) is 26.1 Å². The van der Waals surface area contributed by atoms with Gasteiger partial charge in [0.05, 0.1) is 5.75 Å². The van der Waals surface area contributed by atoms with Crippen LogP contribution in [0.2, 0.25) is 0 Å². The molecule has 1 aliphatic heterocycles. The molecule has 2 heterocycles. The van der Waals surface area contributed by atoms with Gasteiger partial charge in [-0.15, -0.1) is 10.2 Å². The van der Waals surface area contributed by atoms with Gasteiger partial charge in [-0.1, -0.05) is 55.9 Å². The molecule has 1 amide bonds. The SMILES string of the molecule is CCn1c(Cc2ccccc2)nnc1SCC(=O)N1CC(C)CC(C)C1. The second kappa shape index (κ2) is 8.71. The first kappa shape index (κ1) is 19.0. The van der Waals surface area contributed by atoms with E-state index >= 15 is 0 Å². The molecule has 0 radical (unpaired) electrons. The molecule has 1 aromatic carbocycles. The number of benzene rings is 1. The summed E-state index contributed by atoms with van der Waals surface area (Å²) in [6, 6.07) is 10.3. The average molecular weight is 373 g/mol. The maximum absolute atomic E-state index is 12.6. The third-order valence-corrected chi connectivity index (χ3v) is 5.81. The number of rotatable bonds is 6. The molecule has 1 fully saturated rings. The van der Waals surface area contributed by atoms with Gasteiger partial charge >= 0.3 is 0 Å². The Kier molecular flexibility index (Phi) is 6.35. The van der Waals surface area contributed by atoms with Crippen molar-refractivity contribution in [2.45, 2.75) is 45.3 Å². The summed E-state index contributed by atoms with van der Waals surface area (Å²) in [5, 5.41) is 9.54. The van der Waals surface area contributed by atoms with Crippen LogP contribution in [-0.4, -0.2) is 44.4 Å². The largest absolute Gasteiger partial charge is 0.341 e. The van der Waals surface area contributed by atoms with Crippen LogP contribution in [0.1, 0.15) is 38.6 Å². The molecule has 1 aromatic heterocycles. The Morgan fingerprint density at radius 2 is 1.85 bits per heavy atom. The van der Waals surface area contributed by atoms with Crippen molar-refractivity contribution in [3.05, 3.63) is 41.7 Å². The van der Waals surface area contributed by atoms with Crippen LogP contribution in [0.15, 0.2) is 35.5 Å². The van der Waals surface area contributed by atoms with E-state index in [4.69, 9.17) is 0 Å². The van der Waals surface area contributed by atoms with Crippen molar-refractivity contribution in [1.82, 2.24) is 19.7 Å². The van der Waals surface area contributed by atoms with Gasteiger partial charge in [-0.25, -0.2) is 0 Å². The van der Waals surface area contributed by atoms with E-state index in [1.807, 2.05) is 23.1 Å². The molecule has 0 saturated carbocycles. The fourth-order valence-corrected chi connectivity index (χ4v) is 4.66. The topological polar surface area (TPSA) is 51.0 Å². The van der Waals surface area contributed by atoms with E-state index in [9.17, 15) is 4.79 Å². The van der Waals surface area contributed by atoms with E-state index in [0.717, 1.165) is 37.0 Å². The van der Waals surface area contributed by atoms with Crippen molar-refractivity contribution in [2.24, 2.45) is 11.8 Å². The van der Waals surface area contributed by atoms with Gasteiger partial charge in [0.2, 0.25) is 5.91 Å². The molecule has 1 aliphatic rings. The van der Waals surface area contributed by atoms with E-state index in [2.05, 4.69) is 47.7 Å². The highest BCUT2D eigenvalue weighted by molar-refractivity contribution is 7.99. The molecule has 0 spiro atoms. The average Bonchev–Trinajstić information content (AvgIpc) is 3.01. The second-order valence-corrected chi connectivity index (χ2v) is 8.28. The highest BCUT2D eigenvalue weighted by atomic mass is 32.2. The quantitative estimate of drug-likeness (QED) is 0.729. The monoisotopic (exact) mass is 372 g/mol. The lowest BCUT2D eigenvalue weighted by Gasteiger charge is -2.34. The highest BCUT2D eigenvalue weighted by Crippen LogP contribution is 2.23. The standard InChI is InChI=1S/C20H28N4OS/c1-4-24-18(11-17-8-6-5-7-9-17)21-22-20(24)26-14-19(25)23-12-15(2)10-16(3)13-23/h5-9,15-16H,4,10-14H2,1-3H3. The summed E-state index contributed by atoms with van der Waals surface area (Å²) in [7, 11) is 0. The first-order chi connectivity index (χ1) is 12.6. The van der Waals surface area contributed by atoms with Crippen LogP contribution in [0, 0.1) is 11.8 Å². The number of carbonyl (C=O) groups excluding carboxylic acids is 1. The summed E-state index contributed by atoms with van der Waals surface area (Å²) < 4.78 is 2.12. The molecular weight excluding hydrogens is 344 g/mol. The lowest BCUT2D eigenvalue weighted by Crippen LogP contribution is -2.43. The summed E-state index contributed by atoms with van der Waals surface area (Å²) in [6.07, 6.45) is 1.97. The summed E-state index contributed by atoms with van der Waals surface area (Å²) in [5.41, 5.74) is 1.22. The Bertz CT molecular complexity index is 721. The van der Waals surface area contributed by atoms with Crippen LogP contribution in [0.3, 0.4) is 0 Å². The molecule has 0 bridgehead atoms. The number of piperidine rings is 1. The highest BCUT2D eigenvalue weighted by Gasteiger charge is 2.25. The van der Waals surface area contributed by atoms with E-state index in [1.165, 1.54) is 23.7 Å². The van der Waals surface area contributed by atoms with Crippen LogP contribution >= 0.6 is 11.8 Å². The Balaban J connectivity index is 1.62. The molecule has 26 heavy (non-hydrogen) atoms. The maximum Gasteiger partial charge on any atom is 0.233 e. The zero-order valence-corrected chi connectivity index (χ0v) is 16.7. The van der Waals surface area contributed by atoms with E-state index in [1.54, 1.807) is 0 Å². The molecule has 0 aliphatic carbocycles. The molecule has 0 N–H and O–H groups in total. The van der Waals surface area contributed by atoms with Gasteiger partial charge in [0.25, 0.3) is 0 Å². The number of amides is 1. The molecule has 2 atom stereocenters. The fraction of sp³-hybridized carbons (Fsp3) is 0.550. The fourth-order valence-electron chi connectivity index (χ4n) is 3.74. The van der Waals surface area contributed by atoms with E-state index in [0.29, 0.717) is 17.6 Å². The van der Waals surface area contributed by atoms with Crippen molar-refractivity contribution >= 4 is 17.7 Å². The van der Waals surface area contributed by atoms with Gasteiger partial charge < -0.3 is 9.47 Å². The number of carbonyl (C=O) groups is 1. The lowest BCUT2D eigenvalue weighted by molar-refractivity contribution is -0.130. The van der Waals surface area contributed by atoms with E-state index in [-0.39, 0.29) is 5.91 Å². The van der Waals surface area contributed by atoms with Crippen molar-refractivity contribution in [2.75, 3.05) is 18.8 Å². The van der Waals surface area contributed by atoms with Gasteiger partial charge in [-0.05, 0) is 30.7 Å². The van der Waals surface area contributed by atoms with Crippen LogP contribution in [-0.2, 0) is 17.8 Å². The summed E-state index contributed by atoms with van der Waals surface area (Å²) >= 11 is 1.51. The molecule has 2 aromatic rings. The number of likely N-dealkylation sites (tertiary alicyclic amines) is 1. The normalized spacial score (nSPS) is 20.3. The van der Waals surface area contributed by atoms with Gasteiger partial charge in [-0.2, -0.15) is 0 Å². The number of thioether (sulfide) groups is 1. The zero-order chi connectivity index (χ0) is 18.5. The third kappa shape index (κ3) is 4.67. The summed E-state index contributed by atoms with van der Waals surface area (Å²) in [5.74, 6) is 2.77. The van der Waals surface area contributed by atoms with Crippen LogP contribution in [0.5, 0.6) is 0 Å². The minimum absolute atomic E-state index is 0.212. The molecule has 3 rings (SSSR count). The number of aromatic nitrogens is 3. The lowest BCUT2D eigenvalue weighted by atomic mass is 9.92. The minimum Gasteiger partial charge on any atom is -0.341 e. The van der Waals surface area contributed by atoms with Crippen molar-refractivity contribution in [3.8, 4) is 0 Å². The maximum atomic E-state index is 12.6. The first-order valence-electron chi connectivity index (χ1n) is 9.43. The Morgan fingerprint density at radius 1 is 1.15 bits per heavy atom. The number of hydrogen-bond acceptors (Lipinski definition) is 4. The van der Waals surface area contributed by atoms with Crippen LogP contribution in [0.4, 0.5) is 0 Å². The summed E-state index contributed by atoms with van der Waals surface area (Å²) in [6.45, 7) is 9.12. The minimum atomic E-state index is 0.212. The summed E-state index contributed by atoms with van der Waals surface area (Å²) in [4.78, 5) is 14.6. The number of hydrogen-bond donors (Lipinski definition) is 0. The van der Waals surface area contributed by atoms with Crippen molar-refractivity contribution < 1.29 is 4.79 Å². The molecule has 1 saturated heterocycles. The molecule has 2 unspecified atom stereocenters. The predicted octanol–water partition coefficient (Wildman–Crippen LogP) is 3.49. The smallest absolute Gasteiger partial charge is 0.233 e. The zero-order valence-electron chi connectivity index (χ0n) is 15.9. The van der Waals surface area contributed by atoms with Crippen LogP contribution in [0.25, 0.3) is 0 Å². The second-order valence-electron chi connectivity index (χ2n) is 7.34. The molecular formula is C20H28N4OS. The van der Waals surface area contributed by atoms with Gasteiger partial charge in [0.15, 0.2) is 5.16 Å². The first-order valence-corrected chi connectivity index (χ1v) is 10.4. The third-order valence-electron chi connectivity index (χ3n) is 4.86. The molecule has 6 heteroatoms. The Labute approximate surface area is 160 Å². The number of nitrogens with zero attached hydrogens (tertiary/aromatic N) is 4. The Morgan fingerprint density at radius 3 is 2.50 bits per heavy atom. The van der Waals surface area contributed by atoms with Crippen molar-refractivity contribution in [1.29, 1.82) is 0 Å². The Hall–Kier alpha value is -1.82. The van der Waals surface area contributed by atoms with Crippen LogP contribution < -0.4 is 0 Å². The molecule has 140 valence electrons.